The molecule has 0 bridgehead atoms. The van der Waals surface area contributed by atoms with Crippen molar-refractivity contribution in [2.45, 2.75) is 24.8 Å². The smallest absolute Gasteiger partial charge is 0.331 e. The van der Waals surface area contributed by atoms with E-state index in [9.17, 15) is 4.79 Å². The molecule has 134 valence electrons. The lowest BCUT2D eigenvalue weighted by Crippen LogP contribution is -2.52. The van der Waals surface area contributed by atoms with Gasteiger partial charge in [0.05, 0.1) is 0 Å². The summed E-state index contributed by atoms with van der Waals surface area (Å²) >= 11 is 0. The molecule has 4 rings (SSSR count). The number of hydrogen-bond acceptors (Lipinski definition) is 3. The van der Waals surface area contributed by atoms with E-state index in [4.69, 9.17) is 0 Å². The van der Waals surface area contributed by atoms with E-state index in [0.717, 1.165) is 25.9 Å². The van der Waals surface area contributed by atoms with E-state index >= 15 is 0 Å². The van der Waals surface area contributed by atoms with E-state index < -0.39 is 0 Å². The van der Waals surface area contributed by atoms with E-state index in [1.807, 2.05) is 0 Å². The zero-order valence-corrected chi connectivity index (χ0v) is 15.2. The molecule has 0 spiro atoms. The monoisotopic (exact) mass is 341 g/mol. The maximum Gasteiger partial charge on any atom is 0.331 e. The number of carbonyl (C=O) groups excluding carboxylic acids is 1. The highest BCUT2D eigenvalue weighted by Crippen LogP contribution is 2.44. The number of aromatic nitrogens is 1. The molecule has 1 saturated heterocycles. The first-order chi connectivity index (χ1) is 12.0. The first-order valence-electron chi connectivity index (χ1n) is 9.04. The van der Waals surface area contributed by atoms with Gasteiger partial charge in [-0.3, -0.25) is 5.43 Å². The van der Waals surface area contributed by atoms with Gasteiger partial charge in [-0.2, -0.15) is 0 Å². The van der Waals surface area contributed by atoms with Crippen molar-refractivity contribution in [1.29, 1.82) is 0 Å². The number of rotatable bonds is 3. The maximum absolute atomic E-state index is 11.6. The van der Waals surface area contributed by atoms with Crippen molar-refractivity contribution < 1.29 is 4.79 Å². The molecule has 0 radical (unpaired) electrons. The summed E-state index contributed by atoms with van der Waals surface area (Å²) in [6.07, 6.45) is 4.46. The number of fused-ring (bicyclic) bond motifs is 2. The number of likely N-dealkylation sites (N-methyl/N-ethyl adjacent to an activating group) is 1. The second-order valence-corrected chi connectivity index (χ2v) is 7.71. The zero-order chi connectivity index (χ0) is 17.6. The Kier molecular flexibility index (Phi) is 4.17. The number of nitrogens with zero attached hydrogens (tertiary/aromatic N) is 2. The second kappa shape index (κ2) is 6.35. The van der Waals surface area contributed by atoms with Crippen molar-refractivity contribution in [3.63, 3.8) is 0 Å². The highest BCUT2D eigenvalue weighted by atomic mass is 16.2. The van der Waals surface area contributed by atoms with Gasteiger partial charge in [0.15, 0.2) is 0 Å². The SMILES string of the molecule is CN(C)C(=O)NNC[C@@H]1CC2c3cccc4[nH]cc(c34)C[C@H]2N(C)C1. The molecule has 1 aromatic carbocycles. The highest BCUT2D eigenvalue weighted by Gasteiger charge is 2.39. The van der Waals surface area contributed by atoms with Gasteiger partial charge >= 0.3 is 6.03 Å². The van der Waals surface area contributed by atoms with Crippen molar-refractivity contribution >= 4 is 16.9 Å². The Labute approximate surface area is 148 Å². The van der Waals surface area contributed by atoms with Gasteiger partial charge in [-0.1, -0.05) is 12.1 Å². The van der Waals surface area contributed by atoms with Crippen LogP contribution in [-0.2, 0) is 6.42 Å². The number of nitrogens with one attached hydrogen (secondary N) is 3. The number of piperidine rings is 1. The predicted octanol–water partition coefficient (Wildman–Crippen LogP) is 1.90. The highest BCUT2D eigenvalue weighted by molar-refractivity contribution is 5.88. The molecule has 1 unspecified atom stereocenters. The number of H-pyrrole nitrogens is 1. The molecule has 2 amide bonds. The predicted molar refractivity (Wildman–Crippen MR) is 99.5 cm³/mol. The molecule has 1 aliphatic carbocycles. The van der Waals surface area contributed by atoms with Crippen LogP contribution in [-0.4, -0.2) is 61.1 Å². The number of aromatic amines is 1. The minimum atomic E-state index is -0.110. The molecule has 1 aliphatic heterocycles. The fourth-order valence-corrected chi connectivity index (χ4v) is 4.58. The number of urea groups is 1. The molecule has 3 N–H and O–H groups in total. The van der Waals surface area contributed by atoms with E-state index in [1.165, 1.54) is 26.9 Å². The molecule has 2 heterocycles. The fraction of sp³-hybridized carbons (Fsp3) is 0.526. The van der Waals surface area contributed by atoms with Crippen LogP contribution in [0.15, 0.2) is 24.4 Å². The standard InChI is InChI=1S/C19H27N5O/c1-23(2)19(25)22-21-9-12-7-15-14-5-4-6-16-18(14)13(10-20-16)8-17(15)24(3)11-12/h4-6,10,12,15,17,20-21H,7-9,11H2,1-3H3,(H,22,25)/t12-,15?,17+/m0/s1. The van der Waals surface area contributed by atoms with Crippen LogP contribution in [0.4, 0.5) is 4.79 Å². The van der Waals surface area contributed by atoms with Crippen LogP contribution in [0.1, 0.15) is 23.5 Å². The van der Waals surface area contributed by atoms with Crippen molar-refractivity contribution in [1.82, 2.24) is 25.6 Å². The number of benzene rings is 1. The van der Waals surface area contributed by atoms with E-state index in [2.05, 4.69) is 52.2 Å². The fourth-order valence-electron chi connectivity index (χ4n) is 4.58. The van der Waals surface area contributed by atoms with E-state index in [-0.39, 0.29) is 6.03 Å². The largest absolute Gasteiger partial charge is 0.361 e. The Bertz CT molecular complexity index is 783. The topological polar surface area (TPSA) is 63.4 Å². The lowest BCUT2D eigenvalue weighted by Gasteiger charge is -2.45. The van der Waals surface area contributed by atoms with Crippen LogP contribution in [0.3, 0.4) is 0 Å². The Morgan fingerprint density at radius 1 is 1.40 bits per heavy atom. The maximum atomic E-state index is 11.6. The molecule has 6 nitrogen and oxygen atoms in total. The van der Waals surface area contributed by atoms with Gasteiger partial charge in [0.1, 0.15) is 0 Å². The number of hydrogen-bond donors (Lipinski definition) is 3. The molecular formula is C19H27N5O. The minimum Gasteiger partial charge on any atom is -0.361 e. The van der Waals surface area contributed by atoms with Crippen molar-refractivity contribution in [3.8, 4) is 0 Å². The first kappa shape index (κ1) is 16.4. The lowest BCUT2D eigenvalue weighted by atomic mass is 9.72. The second-order valence-electron chi connectivity index (χ2n) is 7.71. The van der Waals surface area contributed by atoms with E-state index in [0.29, 0.717) is 17.9 Å². The summed E-state index contributed by atoms with van der Waals surface area (Å²) in [5.74, 6) is 1.08. The van der Waals surface area contributed by atoms with Crippen LogP contribution in [0, 0.1) is 5.92 Å². The molecule has 2 aliphatic rings. The molecule has 6 heteroatoms. The summed E-state index contributed by atoms with van der Waals surface area (Å²) in [4.78, 5) is 19.1. The summed E-state index contributed by atoms with van der Waals surface area (Å²) in [7, 11) is 5.72. The molecule has 25 heavy (non-hydrogen) atoms. The van der Waals surface area contributed by atoms with Crippen LogP contribution in [0.2, 0.25) is 0 Å². The Morgan fingerprint density at radius 2 is 2.24 bits per heavy atom. The van der Waals surface area contributed by atoms with Gasteiger partial charge in [-0.05, 0) is 43.0 Å². The van der Waals surface area contributed by atoms with Crippen molar-refractivity contribution in [2.75, 3.05) is 34.2 Å². The van der Waals surface area contributed by atoms with Gasteiger partial charge in [0, 0.05) is 56.2 Å². The van der Waals surface area contributed by atoms with Gasteiger partial charge in [-0.15, -0.1) is 0 Å². The number of hydrazine groups is 1. The minimum absolute atomic E-state index is 0.110. The van der Waals surface area contributed by atoms with E-state index in [1.54, 1.807) is 14.1 Å². The molecule has 3 atom stereocenters. The molecular weight excluding hydrogens is 314 g/mol. The van der Waals surface area contributed by atoms with Gasteiger partial charge < -0.3 is 14.8 Å². The Hall–Kier alpha value is -2.05. The summed E-state index contributed by atoms with van der Waals surface area (Å²) < 4.78 is 0. The van der Waals surface area contributed by atoms with Gasteiger partial charge in [0.2, 0.25) is 0 Å². The number of likely N-dealkylation sites (tertiary alicyclic amines) is 1. The molecule has 1 fully saturated rings. The average molecular weight is 341 g/mol. The molecule has 1 aromatic heterocycles. The normalized spacial score (nSPS) is 25.6. The quantitative estimate of drug-likeness (QED) is 0.747. The van der Waals surface area contributed by atoms with Gasteiger partial charge in [-0.25, -0.2) is 10.2 Å². The summed E-state index contributed by atoms with van der Waals surface area (Å²) in [5, 5.41) is 1.44. The molecule has 0 saturated carbocycles. The number of amides is 2. The third-order valence-electron chi connectivity index (χ3n) is 5.80. The third kappa shape index (κ3) is 2.89. The van der Waals surface area contributed by atoms with Crippen molar-refractivity contribution in [2.24, 2.45) is 5.92 Å². The Morgan fingerprint density at radius 3 is 3.04 bits per heavy atom. The Balaban J connectivity index is 1.50. The van der Waals surface area contributed by atoms with Crippen molar-refractivity contribution in [3.05, 3.63) is 35.5 Å². The van der Waals surface area contributed by atoms with Crippen LogP contribution < -0.4 is 10.9 Å². The molecule has 2 aromatic rings. The lowest BCUT2D eigenvalue weighted by molar-refractivity contribution is 0.109. The third-order valence-corrected chi connectivity index (χ3v) is 5.80. The average Bonchev–Trinajstić information content (AvgIpc) is 3.00. The van der Waals surface area contributed by atoms with Crippen LogP contribution in [0.25, 0.3) is 10.9 Å². The zero-order valence-electron chi connectivity index (χ0n) is 15.2. The summed E-state index contributed by atoms with van der Waals surface area (Å²) in [6, 6.07) is 7.10. The van der Waals surface area contributed by atoms with Gasteiger partial charge in [0.25, 0.3) is 0 Å². The van der Waals surface area contributed by atoms with Crippen LogP contribution >= 0.6 is 0 Å². The first-order valence-corrected chi connectivity index (χ1v) is 9.04. The van der Waals surface area contributed by atoms with Crippen LogP contribution in [0.5, 0.6) is 0 Å². The number of carbonyl (C=O) groups is 1. The summed E-state index contributed by atoms with van der Waals surface area (Å²) in [5.41, 5.74) is 10.1. The summed E-state index contributed by atoms with van der Waals surface area (Å²) in [6.45, 7) is 1.85.